The van der Waals surface area contributed by atoms with Crippen LogP contribution in [0.2, 0.25) is 0 Å². The molecule has 4 N–H and O–H groups in total. The van der Waals surface area contributed by atoms with Crippen LogP contribution >= 0.6 is 11.8 Å². The Labute approximate surface area is 121 Å². The number of rotatable bonds is 6. The molecule has 0 radical (unpaired) electrons. The average Bonchev–Trinajstić information content (AvgIpc) is 2.42. The summed E-state index contributed by atoms with van der Waals surface area (Å²) in [5, 5.41) is 13.8. The maximum absolute atomic E-state index is 12.8. The van der Waals surface area contributed by atoms with Gasteiger partial charge >= 0.3 is 6.18 Å². The Morgan fingerprint density at radius 1 is 1.40 bits per heavy atom. The fourth-order valence-corrected chi connectivity index (χ4v) is 3.49. The highest BCUT2D eigenvalue weighted by Gasteiger charge is 2.43. The Bertz CT molecular complexity index is 330. The summed E-state index contributed by atoms with van der Waals surface area (Å²) in [5.41, 5.74) is 5.12. The molecular formula is C12H22F3N3OS. The van der Waals surface area contributed by atoms with Gasteiger partial charge in [-0.1, -0.05) is 24.4 Å². The molecule has 0 heterocycles. The normalized spacial score (nSPS) is 21.7. The first-order chi connectivity index (χ1) is 9.34. The lowest BCUT2D eigenvalue weighted by Gasteiger charge is -2.36. The van der Waals surface area contributed by atoms with Crippen molar-refractivity contribution in [2.24, 2.45) is 16.8 Å². The Morgan fingerprint density at radius 3 is 2.45 bits per heavy atom. The SMILES string of the molecule is CSC1(CNCC(C(N)=NO)C(F)(F)F)CCCCC1. The van der Waals surface area contributed by atoms with E-state index in [1.54, 1.807) is 11.8 Å². The van der Waals surface area contributed by atoms with Crippen LogP contribution in [-0.4, -0.2) is 41.3 Å². The van der Waals surface area contributed by atoms with Crippen LogP contribution < -0.4 is 11.1 Å². The molecule has 0 bridgehead atoms. The van der Waals surface area contributed by atoms with Gasteiger partial charge in [0.05, 0.1) is 0 Å². The van der Waals surface area contributed by atoms with Gasteiger partial charge in [0, 0.05) is 17.8 Å². The summed E-state index contributed by atoms with van der Waals surface area (Å²) in [6, 6.07) is 0. The first-order valence-electron chi connectivity index (χ1n) is 6.64. The summed E-state index contributed by atoms with van der Waals surface area (Å²) in [5.74, 6) is -2.75. The van der Waals surface area contributed by atoms with Crippen molar-refractivity contribution in [1.82, 2.24) is 5.32 Å². The summed E-state index contributed by atoms with van der Waals surface area (Å²) < 4.78 is 38.4. The van der Waals surface area contributed by atoms with Gasteiger partial charge in [0.1, 0.15) is 5.92 Å². The number of alkyl halides is 3. The largest absolute Gasteiger partial charge is 0.409 e. The monoisotopic (exact) mass is 313 g/mol. The maximum atomic E-state index is 12.8. The number of hydrogen-bond donors (Lipinski definition) is 3. The molecule has 20 heavy (non-hydrogen) atoms. The summed E-state index contributed by atoms with van der Waals surface area (Å²) in [4.78, 5) is 0. The number of nitrogens with two attached hydrogens (primary N) is 1. The van der Waals surface area contributed by atoms with Crippen molar-refractivity contribution in [2.75, 3.05) is 19.3 Å². The van der Waals surface area contributed by atoms with Gasteiger partial charge in [-0.25, -0.2) is 0 Å². The van der Waals surface area contributed by atoms with Gasteiger partial charge in [-0.3, -0.25) is 0 Å². The van der Waals surface area contributed by atoms with Crippen molar-refractivity contribution < 1.29 is 18.4 Å². The smallest absolute Gasteiger partial charge is 0.400 e. The van der Waals surface area contributed by atoms with Crippen molar-refractivity contribution in [2.45, 2.75) is 43.0 Å². The number of nitrogens with one attached hydrogen (secondary N) is 1. The van der Waals surface area contributed by atoms with E-state index in [1.807, 2.05) is 6.26 Å². The summed E-state index contributed by atoms with van der Waals surface area (Å²) in [6.45, 7) is 0.154. The molecule has 1 unspecified atom stereocenters. The lowest BCUT2D eigenvalue weighted by atomic mass is 9.88. The zero-order valence-electron chi connectivity index (χ0n) is 11.5. The molecule has 0 aromatic carbocycles. The minimum absolute atomic E-state index is 0.0134. The Morgan fingerprint density at radius 2 is 2.00 bits per heavy atom. The van der Waals surface area contributed by atoms with E-state index in [4.69, 9.17) is 10.9 Å². The van der Waals surface area contributed by atoms with Crippen LogP contribution in [0.1, 0.15) is 32.1 Å². The molecule has 1 fully saturated rings. The zero-order chi connectivity index (χ0) is 15.2. The fourth-order valence-electron chi connectivity index (χ4n) is 2.55. The van der Waals surface area contributed by atoms with Crippen molar-refractivity contribution in [3.63, 3.8) is 0 Å². The van der Waals surface area contributed by atoms with Crippen LogP contribution in [0.25, 0.3) is 0 Å². The third-order valence-corrected chi connectivity index (χ3v) is 5.28. The van der Waals surface area contributed by atoms with Gasteiger partial charge in [0.25, 0.3) is 0 Å². The van der Waals surface area contributed by atoms with Crippen LogP contribution in [0.5, 0.6) is 0 Å². The number of oxime groups is 1. The van der Waals surface area contributed by atoms with Crippen molar-refractivity contribution >= 4 is 17.6 Å². The van der Waals surface area contributed by atoms with Gasteiger partial charge in [-0.05, 0) is 19.1 Å². The van der Waals surface area contributed by atoms with E-state index < -0.39 is 17.9 Å². The number of thioether (sulfide) groups is 1. The van der Waals surface area contributed by atoms with Crippen LogP contribution in [0.15, 0.2) is 5.16 Å². The van der Waals surface area contributed by atoms with E-state index in [-0.39, 0.29) is 11.3 Å². The van der Waals surface area contributed by atoms with Crippen LogP contribution in [0, 0.1) is 5.92 Å². The third kappa shape index (κ3) is 4.73. The molecule has 0 aliphatic heterocycles. The predicted octanol–water partition coefficient (Wildman–Crippen LogP) is 2.57. The highest BCUT2D eigenvalue weighted by atomic mass is 32.2. The molecule has 0 aromatic rings. The predicted molar refractivity (Wildman–Crippen MR) is 75.2 cm³/mol. The van der Waals surface area contributed by atoms with Crippen LogP contribution in [0.4, 0.5) is 13.2 Å². The second-order valence-electron chi connectivity index (χ2n) is 5.20. The van der Waals surface area contributed by atoms with Gasteiger partial charge in [0.2, 0.25) is 0 Å². The molecule has 0 amide bonds. The lowest BCUT2D eigenvalue weighted by molar-refractivity contribution is -0.154. The van der Waals surface area contributed by atoms with Crippen LogP contribution in [0.3, 0.4) is 0 Å². The summed E-state index contributed by atoms with van der Waals surface area (Å²) >= 11 is 1.71. The number of nitrogens with zero attached hydrogens (tertiary/aromatic N) is 1. The standard InChI is InChI=1S/C12H22F3N3OS/c1-20-11(5-3-2-4-6-11)8-17-7-9(10(16)18-19)12(13,14)15/h9,17,19H,2-8H2,1H3,(H2,16,18). The first-order valence-corrected chi connectivity index (χ1v) is 7.87. The van der Waals surface area contributed by atoms with E-state index in [0.717, 1.165) is 25.7 Å². The molecule has 1 atom stereocenters. The van der Waals surface area contributed by atoms with Gasteiger partial charge < -0.3 is 16.3 Å². The van der Waals surface area contributed by atoms with Gasteiger partial charge in [0.15, 0.2) is 5.84 Å². The molecule has 1 saturated carbocycles. The number of hydrogen-bond acceptors (Lipinski definition) is 4. The van der Waals surface area contributed by atoms with Crippen molar-refractivity contribution in [1.29, 1.82) is 0 Å². The van der Waals surface area contributed by atoms with Crippen LogP contribution in [-0.2, 0) is 0 Å². The quantitative estimate of drug-likeness (QED) is 0.305. The van der Waals surface area contributed by atoms with E-state index in [0.29, 0.717) is 6.54 Å². The summed E-state index contributed by atoms with van der Waals surface area (Å²) in [6.07, 6.45) is 2.94. The Hall–Kier alpha value is -0.630. The number of amidine groups is 1. The molecule has 1 rings (SSSR count). The molecule has 0 aromatic heterocycles. The summed E-state index contributed by atoms with van der Waals surface area (Å²) in [7, 11) is 0. The highest BCUT2D eigenvalue weighted by Crippen LogP contribution is 2.38. The molecule has 118 valence electrons. The average molecular weight is 313 g/mol. The molecule has 1 aliphatic carbocycles. The lowest BCUT2D eigenvalue weighted by Crippen LogP contribution is -2.47. The van der Waals surface area contributed by atoms with Gasteiger partial charge in [-0.2, -0.15) is 24.9 Å². The van der Waals surface area contributed by atoms with E-state index >= 15 is 0 Å². The Balaban J connectivity index is 2.55. The Kier molecular flexibility index (Phi) is 6.44. The molecule has 8 heteroatoms. The second-order valence-corrected chi connectivity index (χ2v) is 6.47. The molecular weight excluding hydrogens is 291 g/mol. The topological polar surface area (TPSA) is 70.6 Å². The first kappa shape index (κ1) is 17.4. The fraction of sp³-hybridized carbons (Fsp3) is 0.917. The van der Waals surface area contributed by atoms with Gasteiger partial charge in [-0.15, -0.1) is 0 Å². The molecule has 0 spiro atoms. The van der Waals surface area contributed by atoms with E-state index in [1.165, 1.54) is 6.42 Å². The minimum Gasteiger partial charge on any atom is -0.409 e. The van der Waals surface area contributed by atoms with E-state index in [2.05, 4.69) is 10.5 Å². The number of halogens is 3. The van der Waals surface area contributed by atoms with Crippen molar-refractivity contribution in [3.05, 3.63) is 0 Å². The zero-order valence-corrected chi connectivity index (χ0v) is 12.4. The van der Waals surface area contributed by atoms with Crippen molar-refractivity contribution in [3.8, 4) is 0 Å². The molecule has 0 saturated heterocycles. The third-order valence-electron chi connectivity index (χ3n) is 3.86. The second kappa shape index (κ2) is 7.40. The van der Waals surface area contributed by atoms with E-state index in [9.17, 15) is 13.2 Å². The molecule has 4 nitrogen and oxygen atoms in total. The minimum atomic E-state index is -4.51. The molecule has 1 aliphatic rings. The highest BCUT2D eigenvalue weighted by molar-refractivity contribution is 8.00. The maximum Gasteiger partial charge on any atom is 0.400 e.